The molecular formula is C8H7ClN2O. The first-order valence-corrected chi connectivity index (χ1v) is 3.93. The predicted molar refractivity (Wildman–Crippen MR) is 48.7 cm³/mol. The monoisotopic (exact) mass is 182 g/mol. The van der Waals surface area contributed by atoms with Crippen LogP contribution in [0.25, 0.3) is 11.0 Å². The van der Waals surface area contributed by atoms with E-state index < -0.39 is 0 Å². The maximum Gasteiger partial charge on any atom is 0.251 e. The van der Waals surface area contributed by atoms with Crippen LogP contribution in [0.15, 0.2) is 16.9 Å². The van der Waals surface area contributed by atoms with Crippen LogP contribution in [0.3, 0.4) is 0 Å². The average Bonchev–Trinajstić information content (AvgIpc) is 2.29. The molecular weight excluding hydrogens is 176 g/mol. The molecule has 0 saturated heterocycles. The predicted octanol–water partition coefficient (Wildman–Crippen LogP) is 1.82. The molecule has 0 atom stereocenters. The van der Waals surface area contributed by atoms with Gasteiger partial charge in [0.15, 0.2) is 0 Å². The topological polar surface area (TPSA) is 48.6 Å². The maximum absolute atomic E-state index is 11.0. The Bertz CT molecular complexity index is 483. The van der Waals surface area contributed by atoms with Crippen molar-refractivity contribution in [2.24, 2.45) is 0 Å². The Hall–Kier alpha value is -1.22. The number of fused-ring (bicyclic) bond motifs is 1. The van der Waals surface area contributed by atoms with E-state index in [2.05, 4.69) is 9.97 Å². The molecule has 12 heavy (non-hydrogen) atoms. The molecule has 0 radical (unpaired) electrons. The molecule has 2 heterocycles. The Morgan fingerprint density at radius 3 is 2.83 bits per heavy atom. The van der Waals surface area contributed by atoms with E-state index in [1.54, 1.807) is 0 Å². The van der Waals surface area contributed by atoms with E-state index in [1.807, 2.05) is 13.0 Å². The third kappa shape index (κ3) is 1.02. The van der Waals surface area contributed by atoms with E-state index in [-0.39, 0.29) is 5.56 Å². The Morgan fingerprint density at radius 1 is 1.33 bits per heavy atom. The number of nitrogens with one attached hydrogen (secondary N) is 2. The molecule has 2 aromatic heterocycles. The second kappa shape index (κ2) is 2.38. The zero-order valence-corrected chi connectivity index (χ0v) is 7.20. The summed E-state index contributed by atoms with van der Waals surface area (Å²) < 4.78 is 0. The minimum atomic E-state index is -0.186. The SMILES string of the molecule is Cc1cc2c(Cl)cc(=O)[nH]c2[nH]1. The number of rotatable bonds is 0. The van der Waals surface area contributed by atoms with Crippen molar-refractivity contribution in [3.05, 3.63) is 33.2 Å². The Labute approximate surface area is 73.4 Å². The van der Waals surface area contributed by atoms with Gasteiger partial charge in [0.1, 0.15) is 5.65 Å². The third-order valence-electron chi connectivity index (χ3n) is 1.72. The molecule has 0 spiro atoms. The summed E-state index contributed by atoms with van der Waals surface area (Å²) in [6.07, 6.45) is 0. The van der Waals surface area contributed by atoms with E-state index in [0.717, 1.165) is 11.1 Å². The van der Waals surface area contributed by atoms with Crippen LogP contribution in [0, 0.1) is 6.92 Å². The molecule has 3 nitrogen and oxygen atoms in total. The van der Waals surface area contributed by atoms with Crippen molar-refractivity contribution in [1.29, 1.82) is 0 Å². The summed E-state index contributed by atoms with van der Waals surface area (Å²) in [6.45, 7) is 1.91. The largest absolute Gasteiger partial charge is 0.345 e. The number of aryl methyl sites for hydroxylation is 1. The lowest BCUT2D eigenvalue weighted by atomic mass is 10.3. The molecule has 0 aromatic carbocycles. The molecule has 0 bridgehead atoms. The summed E-state index contributed by atoms with van der Waals surface area (Å²) in [5.41, 5.74) is 1.48. The van der Waals surface area contributed by atoms with Gasteiger partial charge in [-0.1, -0.05) is 11.6 Å². The summed E-state index contributed by atoms with van der Waals surface area (Å²) in [6, 6.07) is 3.27. The van der Waals surface area contributed by atoms with Gasteiger partial charge < -0.3 is 9.97 Å². The lowest BCUT2D eigenvalue weighted by Gasteiger charge is -1.90. The first-order valence-electron chi connectivity index (χ1n) is 3.55. The first-order chi connectivity index (χ1) is 5.66. The van der Waals surface area contributed by atoms with E-state index in [0.29, 0.717) is 10.7 Å². The number of halogens is 1. The molecule has 4 heteroatoms. The van der Waals surface area contributed by atoms with Gasteiger partial charge in [-0.2, -0.15) is 0 Å². The lowest BCUT2D eigenvalue weighted by molar-refractivity contribution is 1.22. The smallest absolute Gasteiger partial charge is 0.251 e. The van der Waals surface area contributed by atoms with Crippen molar-refractivity contribution in [1.82, 2.24) is 9.97 Å². The van der Waals surface area contributed by atoms with Crippen molar-refractivity contribution in [3.8, 4) is 0 Å². The highest BCUT2D eigenvalue weighted by Crippen LogP contribution is 2.19. The van der Waals surface area contributed by atoms with Crippen molar-refractivity contribution < 1.29 is 0 Å². The zero-order valence-electron chi connectivity index (χ0n) is 6.44. The molecule has 2 aromatic rings. The summed E-state index contributed by atoms with van der Waals surface area (Å²) in [5, 5.41) is 1.34. The van der Waals surface area contributed by atoms with Crippen LogP contribution in [0.5, 0.6) is 0 Å². The van der Waals surface area contributed by atoms with Gasteiger partial charge in [-0.25, -0.2) is 0 Å². The molecule has 0 amide bonds. The summed E-state index contributed by atoms with van der Waals surface area (Å²) >= 11 is 5.84. The van der Waals surface area contributed by atoms with Crippen molar-refractivity contribution in [2.45, 2.75) is 6.92 Å². The molecule has 0 unspecified atom stereocenters. The van der Waals surface area contributed by atoms with Gasteiger partial charge in [0.25, 0.3) is 5.56 Å². The van der Waals surface area contributed by atoms with Gasteiger partial charge in [-0.15, -0.1) is 0 Å². The van der Waals surface area contributed by atoms with Crippen LogP contribution in [-0.2, 0) is 0 Å². The molecule has 0 fully saturated rings. The molecule has 0 saturated carbocycles. The van der Waals surface area contributed by atoms with E-state index in [1.165, 1.54) is 6.07 Å². The van der Waals surface area contributed by atoms with Crippen molar-refractivity contribution in [3.63, 3.8) is 0 Å². The van der Waals surface area contributed by atoms with E-state index in [9.17, 15) is 4.79 Å². The Kier molecular flexibility index (Phi) is 1.48. The lowest BCUT2D eigenvalue weighted by Crippen LogP contribution is -2.02. The number of aromatic amines is 2. The van der Waals surface area contributed by atoms with Crippen molar-refractivity contribution >= 4 is 22.6 Å². The average molecular weight is 183 g/mol. The highest BCUT2D eigenvalue weighted by atomic mass is 35.5. The Balaban J connectivity index is 2.97. The van der Waals surface area contributed by atoms with Crippen LogP contribution >= 0.6 is 11.6 Å². The summed E-state index contributed by atoms with van der Waals surface area (Å²) in [7, 11) is 0. The highest BCUT2D eigenvalue weighted by molar-refractivity contribution is 6.35. The molecule has 2 rings (SSSR count). The van der Waals surface area contributed by atoms with Gasteiger partial charge >= 0.3 is 0 Å². The van der Waals surface area contributed by atoms with Gasteiger partial charge in [0, 0.05) is 17.1 Å². The summed E-state index contributed by atoms with van der Waals surface area (Å²) in [4.78, 5) is 16.6. The van der Waals surface area contributed by atoms with Crippen LogP contribution in [0.1, 0.15) is 5.69 Å². The zero-order chi connectivity index (χ0) is 8.72. The molecule has 0 aliphatic heterocycles. The number of aromatic nitrogens is 2. The normalized spacial score (nSPS) is 10.8. The number of H-pyrrole nitrogens is 2. The number of hydrogen-bond donors (Lipinski definition) is 2. The third-order valence-corrected chi connectivity index (χ3v) is 2.03. The van der Waals surface area contributed by atoms with Crippen LogP contribution in [-0.4, -0.2) is 9.97 Å². The maximum atomic E-state index is 11.0. The molecule has 2 N–H and O–H groups in total. The van der Waals surface area contributed by atoms with Gasteiger partial charge in [0.05, 0.1) is 5.02 Å². The minimum absolute atomic E-state index is 0.186. The van der Waals surface area contributed by atoms with Crippen molar-refractivity contribution in [2.75, 3.05) is 0 Å². The molecule has 0 aliphatic rings. The first kappa shape index (κ1) is 7.43. The van der Waals surface area contributed by atoms with Gasteiger partial charge in [0.2, 0.25) is 0 Å². The van der Waals surface area contributed by atoms with Gasteiger partial charge in [-0.3, -0.25) is 4.79 Å². The fourth-order valence-corrected chi connectivity index (χ4v) is 1.48. The van der Waals surface area contributed by atoms with Crippen LogP contribution in [0.2, 0.25) is 5.02 Å². The number of pyridine rings is 1. The second-order valence-electron chi connectivity index (χ2n) is 2.72. The standard InChI is InChI=1S/C8H7ClN2O/c1-4-2-5-6(9)3-7(12)11-8(5)10-4/h2-3H,1H3,(H2,10,11,12). The minimum Gasteiger partial charge on any atom is -0.345 e. The quantitative estimate of drug-likeness (QED) is 0.642. The van der Waals surface area contributed by atoms with E-state index >= 15 is 0 Å². The van der Waals surface area contributed by atoms with Crippen LogP contribution in [0.4, 0.5) is 0 Å². The summed E-state index contributed by atoms with van der Waals surface area (Å²) in [5.74, 6) is 0. The highest BCUT2D eigenvalue weighted by Gasteiger charge is 2.02. The Morgan fingerprint density at radius 2 is 2.08 bits per heavy atom. The fourth-order valence-electron chi connectivity index (χ4n) is 1.23. The molecule has 0 aliphatic carbocycles. The number of hydrogen-bond acceptors (Lipinski definition) is 1. The fraction of sp³-hybridized carbons (Fsp3) is 0.125. The van der Waals surface area contributed by atoms with Gasteiger partial charge in [-0.05, 0) is 13.0 Å². The second-order valence-corrected chi connectivity index (χ2v) is 3.13. The molecule has 62 valence electrons. The van der Waals surface area contributed by atoms with Crippen LogP contribution < -0.4 is 5.56 Å². The van der Waals surface area contributed by atoms with E-state index in [4.69, 9.17) is 11.6 Å².